The smallest absolute Gasteiger partial charge is 0.229 e. The number of rotatable bonds is 5. The van der Waals surface area contributed by atoms with E-state index < -0.39 is 10.0 Å². The fourth-order valence-electron chi connectivity index (χ4n) is 2.20. The van der Waals surface area contributed by atoms with Crippen molar-refractivity contribution in [2.75, 3.05) is 18.1 Å². The quantitative estimate of drug-likeness (QED) is 0.750. The first-order valence-corrected chi connectivity index (χ1v) is 9.90. The number of aromatic nitrogens is 1. The molecule has 0 spiro atoms. The van der Waals surface area contributed by atoms with Crippen molar-refractivity contribution in [1.82, 2.24) is 4.98 Å². The van der Waals surface area contributed by atoms with Crippen LogP contribution in [0.5, 0.6) is 5.75 Å². The van der Waals surface area contributed by atoms with E-state index in [1.165, 1.54) is 0 Å². The molecule has 0 amide bonds. The van der Waals surface area contributed by atoms with E-state index in [0.717, 1.165) is 33.8 Å². The van der Waals surface area contributed by atoms with Crippen molar-refractivity contribution >= 4 is 27.0 Å². The van der Waals surface area contributed by atoms with E-state index in [2.05, 4.69) is 9.71 Å². The lowest BCUT2D eigenvalue weighted by atomic mass is 10.1. The molecule has 124 valence electrons. The molecule has 2 aromatic carbocycles. The lowest BCUT2D eigenvalue weighted by Crippen LogP contribution is -2.09. The lowest BCUT2D eigenvalue weighted by Gasteiger charge is -2.04. The van der Waals surface area contributed by atoms with Gasteiger partial charge in [0.15, 0.2) is 0 Å². The Hall–Kier alpha value is -2.38. The molecular formula is C17H16N2O3S2. The Kier molecular flexibility index (Phi) is 4.55. The molecule has 0 aliphatic heterocycles. The topological polar surface area (TPSA) is 68.3 Å². The fourth-order valence-corrected chi connectivity index (χ4v) is 3.60. The number of benzene rings is 2. The van der Waals surface area contributed by atoms with Gasteiger partial charge in [-0.25, -0.2) is 13.4 Å². The van der Waals surface area contributed by atoms with Gasteiger partial charge in [0.25, 0.3) is 0 Å². The second-order valence-electron chi connectivity index (χ2n) is 5.22. The first-order valence-electron chi connectivity index (χ1n) is 7.13. The number of ether oxygens (including phenoxy) is 1. The van der Waals surface area contributed by atoms with Crippen molar-refractivity contribution in [2.24, 2.45) is 0 Å². The Balaban J connectivity index is 1.82. The molecule has 1 N–H and O–H groups in total. The van der Waals surface area contributed by atoms with Crippen molar-refractivity contribution in [1.29, 1.82) is 0 Å². The lowest BCUT2D eigenvalue weighted by molar-refractivity contribution is 0.415. The minimum Gasteiger partial charge on any atom is -0.497 e. The monoisotopic (exact) mass is 360 g/mol. The molecule has 3 rings (SSSR count). The van der Waals surface area contributed by atoms with Gasteiger partial charge in [0, 0.05) is 22.2 Å². The van der Waals surface area contributed by atoms with Crippen LogP contribution in [-0.4, -0.2) is 26.8 Å². The van der Waals surface area contributed by atoms with Crippen molar-refractivity contribution in [3.8, 4) is 27.6 Å². The standard InChI is InChI=1S/C17H16N2O3S2/c1-22-15-9-5-13(6-10-15)17-18-16(11-23-17)12-3-7-14(8-4-12)19-24(2,20)21/h3-11,19H,1-2H3. The van der Waals surface area contributed by atoms with Crippen LogP contribution in [0.25, 0.3) is 21.8 Å². The third kappa shape index (κ3) is 3.93. The highest BCUT2D eigenvalue weighted by atomic mass is 32.2. The highest BCUT2D eigenvalue weighted by Crippen LogP contribution is 2.30. The average molecular weight is 360 g/mol. The van der Waals surface area contributed by atoms with Gasteiger partial charge in [-0.2, -0.15) is 0 Å². The van der Waals surface area contributed by atoms with Crippen LogP contribution in [0.1, 0.15) is 0 Å². The van der Waals surface area contributed by atoms with E-state index in [9.17, 15) is 8.42 Å². The normalized spacial score (nSPS) is 11.2. The summed E-state index contributed by atoms with van der Waals surface area (Å²) in [5, 5.41) is 2.91. The molecule has 0 bridgehead atoms. The van der Waals surface area contributed by atoms with Crippen LogP contribution in [-0.2, 0) is 10.0 Å². The Morgan fingerprint density at radius 3 is 2.21 bits per heavy atom. The number of anilines is 1. The van der Waals surface area contributed by atoms with E-state index >= 15 is 0 Å². The predicted octanol–water partition coefficient (Wildman–Crippen LogP) is 3.86. The summed E-state index contributed by atoms with van der Waals surface area (Å²) in [6.45, 7) is 0. The molecule has 1 heterocycles. The number of thiazole rings is 1. The zero-order chi connectivity index (χ0) is 17.2. The van der Waals surface area contributed by atoms with E-state index in [-0.39, 0.29) is 0 Å². The van der Waals surface area contributed by atoms with Crippen LogP contribution in [0.2, 0.25) is 0 Å². The molecule has 7 heteroatoms. The molecule has 1 aromatic heterocycles. The number of hydrogen-bond donors (Lipinski definition) is 1. The molecule has 0 fully saturated rings. The Bertz CT molecular complexity index is 931. The van der Waals surface area contributed by atoms with Crippen LogP contribution in [0.3, 0.4) is 0 Å². The number of sulfonamides is 1. The van der Waals surface area contributed by atoms with E-state index in [1.807, 2.05) is 41.8 Å². The van der Waals surface area contributed by atoms with Crippen LogP contribution < -0.4 is 9.46 Å². The van der Waals surface area contributed by atoms with Crippen LogP contribution in [0, 0.1) is 0 Å². The average Bonchev–Trinajstić information content (AvgIpc) is 3.04. The number of nitrogens with zero attached hydrogens (tertiary/aromatic N) is 1. The molecule has 24 heavy (non-hydrogen) atoms. The number of methoxy groups -OCH3 is 1. The molecular weight excluding hydrogens is 344 g/mol. The molecule has 0 aliphatic carbocycles. The minimum atomic E-state index is -3.27. The Morgan fingerprint density at radius 2 is 1.62 bits per heavy atom. The van der Waals surface area contributed by atoms with Gasteiger partial charge in [-0.3, -0.25) is 4.72 Å². The molecule has 0 saturated carbocycles. The van der Waals surface area contributed by atoms with E-state index in [1.54, 1.807) is 30.6 Å². The van der Waals surface area contributed by atoms with Crippen molar-refractivity contribution in [3.63, 3.8) is 0 Å². The maximum atomic E-state index is 11.2. The third-order valence-corrected chi connectivity index (χ3v) is 4.82. The summed E-state index contributed by atoms with van der Waals surface area (Å²) in [5.41, 5.74) is 3.36. The Morgan fingerprint density at radius 1 is 1.00 bits per heavy atom. The van der Waals surface area contributed by atoms with Crippen LogP contribution in [0.15, 0.2) is 53.9 Å². The van der Waals surface area contributed by atoms with E-state index in [0.29, 0.717) is 5.69 Å². The van der Waals surface area contributed by atoms with Gasteiger partial charge in [-0.1, -0.05) is 12.1 Å². The molecule has 0 radical (unpaired) electrons. The summed E-state index contributed by atoms with van der Waals surface area (Å²) in [4.78, 5) is 4.65. The minimum absolute atomic E-state index is 0.534. The zero-order valence-corrected chi connectivity index (χ0v) is 14.8. The van der Waals surface area contributed by atoms with Crippen LogP contribution >= 0.6 is 11.3 Å². The van der Waals surface area contributed by atoms with Gasteiger partial charge in [0.05, 0.1) is 19.1 Å². The summed E-state index contributed by atoms with van der Waals surface area (Å²) >= 11 is 1.56. The summed E-state index contributed by atoms with van der Waals surface area (Å²) in [7, 11) is -1.63. The maximum Gasteiger partial charge on any atom is 0.229 e. The van der Waals surface area contributed by atoms with Gasteiger partial charge < -0.3 is 4.74 Å². The number of hydrogen-bond acceptors (Lipinski definition) is 5. The van der Waals surface area contributed by atoms with Gasteiger partial charge in [0.1, 0.15) is 10.8 Å². The van der Waals surface area contributed by atoms with Gasteiger partial charge in [0.2, 0.25) is 10.0 Å². The Labute approximate surface area is 145 Å². The van der Waals surface area contributed by atoms with Crippen molar-refractivity contribution in [3.05, 3.63) is 53.9 Å². The van der Waals surface area contributed by atoms with Gasteiger partial charge in [-0.15, -0.1) is 11.3 Å². The van der Waals surface area contributed by atoms with Crippen molar-refractivity contribution in [2.45, 2.75) is 0 Å². The zero-order valence-electron chi connectivity index (χ0n) is 13.2. The second kappa shape index (κ2) is 6.62. The maximum absolute atomic E-state index is 11.2. The second-order valence-corrected chi connectivity index (χ2v) is 7.82. The van der Waals surface area contributed by atoms with E-state index in [4.69, 9.17) is 4.74 Å². The fraction of sp³-hybridized carbons (Fsp3) is 0.118. The summed E-state index contributed by atoms with van der Waals surface area (Å²) in [6.07, 6.45) is 1.13. The third-order valence-electron chi connectivity index (χ3n) is 3.33. The SMILES string of the molecule is COc1ccc(-c2nc(-c3ccc(NS(C)(=O)=O)cc3)cs2)cc1. The molecule has 0 unspecified atom stereocenters. The largest absolute Gasteiger partial charge is 0.497 e. The van der Waals surface area contributed by atoms with Gasteiger partial charge in [-0.05, 0) is 36.4 Å². The molecule has 0 saturated heterocycles. The first kappa shape index (κ1) is 16.5. The van der Waals surface area contributed by atoms with Crippen LogP contribution in [0.4, 0.5) is 5.69 Å². The highest BCUT2D eigenvalue weighted by Gasteiger charge is 2.08. The molecule has 3 aromatic rings. The summed E-state index contributed by atoms with van der Waals surface area (Å²) < 4.78 is 30.1. The summed E-state index contributed by atoms with van der Waals surface area (Å²) in [5.74, 6) is 0.810. The predicted molar refractivity (Wildman–Crippen MR) is 98.0 cm³/mol. The highest BCUT2D eigenvalue weighted by molar-refractivity contribution is 7.92. The number of nitrogens with one attached hydrogen (secondary N) is 1. The molecule has 0 aliphatic rings. The molecule has 5 nitrogen and oxygen atoms in total. The van der Waals surface area contributed by atoms with Gasteiger partial charge >= 0.3 is 0 Å². The molecule has 0 atom stereocenters. The summed E-state index contributed by atoms with van der Waals surface area (Å²) in [6, 6.07) is 14.9. The van der Waals surface area contributed by atoms with Crippen molar-refractivity contribution < 1.29 is 13.2 Å². The first-order chi connectivity index (χ1) is 11.4.